The number of thioether (sulfide) groups is 1. The molecule has 0 unspecified atom stereocenters. The van der Waals surface area contributed by atoms with E-state index >= 15 is 0 Å². The van der Waals surface area contributed by atoms with Gasteiger partial charge in [-0.25, -0.2) is 4.39 Å². The Bertz CT molecular complexity index is 448. The highest BCUT2D eigenvalue weighted by Crippen LogP contribution is 2.35. The number of nitrogens with zero attached hydrogens (tertiary/aromatic N) is 1. The summed E-state index contributed by atoms with van der Waals surface area (Å²) in [5.41, 5.74) is 1.26. The van der Waals surface area contributed by atoms with Gasteiger partial charge in [0.05, 0.1) is 11.8 Å². The van der Waals surface area contributed by atoms with Gasteiger partial charge >= 0.3 is 0 Å². The Morgan fingerprint density at radius 3 is 2.79 bits per heavy atom. The number of benzene rings is 1. The topological polar surface area (TPSA) is 23.5 Å². The van der Waals surface area contributed by atoms with Crippen LogP contribution in [0.1, 0.15) is 38.9 Å². The summed E-state index contributed by atoms with van der Waals surface area (Å²) in [5, 5.41) is 9.83. The molecule has 19 heavy (non-hydrogen) atoms. The molecule has 0 amide bonds. The van der Waals surface area contributed by atoms with Gasteiger partial charge in [0.2, 0.25) is 0 Å². The molecular weight excluding hydrogens is 261 g/mol. The Morgan fingerprint density at radius 2 is 2.11 bits per heavy atom. The molecule has 0 aliphatic carbocycles. The van der Waals surface area contributed by atoms with Crippen LogP contribution in [0, 0.1) is 5.82 Å². The molecule has 1 atom stereocenters. The average molecular weight is 283 g/mol. The molecule has 0 bridgehead atoms. The first kappa shape index (κ1) is 14.7. The monoisotopic (exact) mass is 283 g/mol. The van der Waals surface area contributed by atoms with Crippen LogP contribution in [0.2, 0.25) is 0 Å². The second-order valence-electron chi connectivity index (χ2n) is 5.70. The first-order valence-electron chi connectivity index (χ1n) is 6.76. The van der Waals surface area contributed by atoms with Crippen LogP contribution in [-0.2, 0) is 0 Å². The third-order valence-corrected chi connectivity index (χ3v) is 4.99. The van der Waals surface area contributed by atoms with Crippen LogP contribution in [0.4, 0.5) is 10.1 Å². The Kier molecular flexibility index (Phi) is 4.41. The van der Waals surface area contributed by atoms with Gasteiger partial charge in [0, 0.05) is 29.2 Å². The van der Waals surface area contributed by atoms with Gasteiger partial charge in [-0.05, 0) is 19.4 Å². The van der Waals surface area contributed by atoms with Crippen molar-refractivity contribution in [3.8, 4) is 0 Å². The number of halogens is 1. The number of hydrogen-bond acceptors (Lipinski definition) is 3. The maximum absolute atomic E-state index is 14.2. The molecule has 4 heteroatoms. The summed E-state index contributed by atoms with van der Waals surface area (Å²) in [6.45, 7) is 7.82. The number of para-hydroxylation sites is 1. The van der Waals surface area contributed by atoms with E-state index in [9.17, 15) is 9.50 Å². The molecule has 0 saturated carbocycles. The Balaban J connectivity index is 2.31. The van der Waals surface area contributed by atoms with Gasteiger partial charge in [0.25, 0.3) is 0 Å². The van der Waals surface area contributed by atoms with Gasteiger partial charge in [-0.2, -0.15) is 11.8 Å². The van der Waals surface area contributed by atoms with E-state index in [0.717, 1.165) is 25.3 Å². The molecule has 1 heterocycles. The average Bonchev–Trinajstić information content (AvgIpc) is 2.50. The third-order valence-electron chi connectivity index (χ3n) is 3.62. The SMILES string of the molecule is C[C@H](O)c1cccc(F)c1N1CCSC(C)(C)CC1. The molecule has 0 spiro atoms. The standard InChI is InChI=1S/C15H22FNOS/c1-11(18)12-5-4-6-13(16)14(12)17-8-7-15(2,3)19-10-9-17/h4-6,11,18H,7-10H2,1-3H3/t11-/m0/s1. The summed E-state index contributed by atoms with van der Waals surface area (Å²) < 4.78 is 14.4. The van der Waals surface area contributed by atoms with E-state index in [1.807, 2.05) is 17.8 Å². The van der Waals surface area contributed by atoms with Crippen molar-refractivity contribution in [3.63, 3.8) is 0 Å². The van der Waals surface area contributed by atoms with Gasteiger partial charge in [-0.3, -0.25) is 0 Å². The highest BCUT2D eigenvalue weighted by molar-refractivity contribution is 8.00. The van der Waals surface area contributed by atoms with Gasteiger partial charge in [-0.1, -0.05) is 26.0 Å². The molecule has 0 radical (unpaired) electrons. The van der Waals surface area contributed by atoms with Crippen molar-refractivity contribution in [1.29, 1.82) is 0 Å². The van der Waals surface area contributed by atoms with Crippen molar-refractivity contribution >= 4 is 17.4 Å². The van der Waals surface area contributed by atoms with Gasteiger partial charge in [0.1, 0.15) is 5.82 Å². The largest absolute Gasteiger partial charge is 0.389 e. The zero-order chi connectivity index (χ0) is 14.0. The van der Waals surface area contributed by atoms with Crippen LogP contribution < -0.4 is 4.90 Å². The highest BCUT2D eigenvalue weighted by Gasteiger charge is 2.26. The normalized spacial score (nSPS) is 21.0. The lowest BCUT2D eigenvalue weighted by Crippen LogP contribution is -2.29. The third kappa shape index (κ3) is 3.42. The summed E-state index contributed by atoms with van der Waals surface area (Å²) in [4.78, 5) is 2.08. The van der Waals surface area contributed by atoms with Crippen molar-refractivity contribution in [2.24, 2.45) is 0 Å². The zero-order valence-corrected chi connectivity index (χ0v) is 12.6. The maximum atomic E-state index is 14.2. The first-order valence-corrected chi connectivity index (χ1v) is 7.75. The summed E-state index contributed by atoms with van der Waals surface area (Å²) in [7, 11) is 0. The Morgan fingerprint density at radius 1 is 1.37 bits per heavy atom. The molecular formula is C15H22FNOS. The van der Waals surface area contributed by atoms with E-state index in [1.54, 1.807) is 13.0 Å². The molecule has 106 valence electrons. The molecule has 1 aromatic rings. The van der Waals surface area contributed by atoms with Crippen LogP contribution in [-0.4, -0.2) is 28.7 Å². The quantitative estimate of drug-likeness (QED) is 0.897. The van der Waals surface area contributed by atoms with Crippen molar-refractivity contribution < 1.29 is 9.50 Å². The minimum Gasteiger partial charge on any atom is -0.389 e. The smallest absolute Gasteiger partial charge is 0.146 e. The molecule has 2 nitrogen and oxygen atoms in total. The number of aliphatic hydroxyl groups excluding tert-OH is 1. The van der Waals surface area contributed by atoms with E-state index < -0.39 is 6.10 Å². The highest BCUT2D eigenvalue weighted by atomic mass is 32.2. The molecule has 1 saturated heterocycles. The van der Waals surface area contributed by atoms with E-state index in [0.29, 0.717) is 11.3 Å². The predicted octanol–water partition coefficient (Wildman–Crippen LogP) is 3.60. The molecule has 1 aromatic carbocycles. The molecule has 1 aliphatic heterocycles. The second kappa shape index (κ2) is 5.71. The van der Waals surface area contributed by atoms with Gasteiger partial charge in [0.15, 0.2) is 0 Å². The molecule has 2 rings (SSSR count). The van der Waals surface area contributed by atoms with Crippen LogP contribution in [0.5, 0.6) is 0 Å². The lowest BCUT2D eigenvalue weighted by atomic mass is 10.0. The van der Waals surface area contributed by atoms with Crippen molar-refractivity contribution in [2.45, 2.75) is 38.0 Å². The maximum Gasteiger partial charge on any atom is 0.146 e. The van der Waals surface area contributed by atoms with Crippen molar-refractivity contribution in [2.75, 3.05) is 23.7 Å². The predicted molar refractivity (Wildman–Crippen MR) is 80.4 cm³/mol. The van der Waals surface area contributed by atoms with Gasteiger partial charge in [-0.15, -0.1) is 0 Å². The first-order chi connectivity index (χ1) is 8.91. The zero-order valence-electron chi connectivity index (χ0n) is 11.8. The fraction of sp³-hybridized carbons (Fsp3) is 0.600. The fourth-order valence-electron chi connectivity index (χ4n) is 2.45. The lowest BCUT2D eigenvalue weighted by molar-refractivity contribution is 0.199. The minimum absolute atomic E-state index is 0.233. The van der Waals surface area contributed by atoms with Crippen LogP contribution in [0.3, 0.4) is 0 Å². The summed E-state index contributed by atoms with van der Waals surface area (Å²) in [6, 6.07) is 4.95. The van der Waals surface area contributed by atoms with E-state index in [-0.39, 0.29) is 10.6 Å². The molecule has 1 fully saturated rings. The van der Waals surface area contributed by atoms with Crippen molar-refractivity contribution in [3.05, 3.63) is 29.6 Å². The second-order valence-corrected chi connectivity index (χ2v) is 7.50. The molecule has 0 aromatic heterocycles. The number of rotatable bonds is 2. The lowest BCUT2D eigenvalue weighted by Gasteiger charge is -2.27. The molecule has 1 N–H and O–H groups in total. The molecule has 1 aliphatic rings. The number of anilines is 1. The fourth-order valence-corrected chi connectivity index (χ4v) is 3.55. The summed E-state index contributed by atoms with van der Waals surface area (Å²) in [6.07, 6.45) is 0.375. The van der Waals surface area contributed by atoms with Gasteiger partial charge < -0.3 is 10.0 Å². The van der Waals surface area contributed by atoms with Crippen LogP contribution >= 0.6 is 11.8 Å². The van der Waals surface area contributed by atoms with E-state index in [1.165, 1.54) is 6.07 Å². The van der Waals surface area contributed by atoms with Crippen molar-refractivity contribution in [1.82, 2.24) is 0 Å². The number of aliphatic hydroxyl groups is 1. The number of hydrogen-bond donors (Lipinski definition) is 1. The van der Waals surface area contributed by atoms with E-state index in [2.05, 4.69) is 18.7 Å². The van der Waals surface area contributed by atoms with E-state index in [4.69, 9.17) is 0 Å². The Labute approximate surface area is 119 Å². The summed E-state index contributed by atoms with van der Waals surface area (Å²) in [5.74, 6) is 0.753. The van der Waals surface area contributed by atoms with Crippen LogP contribution in [0.25, 0.3) is 0 Å². The van der Waals surface area contributed by atoms with Crippen LogP contribution in [0.15, 0.2) is 18.2 Å². The minimum atomic E-state index is -0.644. The Hall–Kier alpha value is -0.740. The summed E-state index contributed by atoms with van der Waals surface area (Å²) >= 11 is 1.93.